The summed E-state index contributed by atoms with van der Waals surface area (Å²) in [6.45, 7) is 3.83. The number of aromatic nitrogens is 2. The minimum absolute atomic E-state index is 0.0580. The third-order valence-electron chi connectivity index (χ3n) is 4.65. The number of aromatic amines is 1. The molecule has 2 N–H and O–H groups in total. The van der Waals surface area contributed by atoms with Gasteiger partial charge in [-0.3, -0.25) is 14.8 Å². The number of halogens is 1. The molecule has 8 heteroatoms. The topological polar surface area (TPSA) is 70.2 Å². The molecule has 1 unspecified atom stereocenters. The van der Waals surface area contributed by atoms with E-state index in [0.717, 1.165) is 40.9 Å². The van der Waals surface area contributed by atoms with Crippen LogP contribution >= 0.6 is 33.9 Å². The van der Waals surface area contributed by atoms with Gasteiger partial charge in [0.15, 0.2) is 0 Å². The average Bonchev–Trinajstić information content (AvgIpc) is 3.33. The van der Waals surface area contributed by atoms with Crippen molar-refractivity contribution in [2.75, 3.05) is 32.8 Å². The van der Waals surface area contributed by atoms with Crippen LogP contribution in [0.25, 0.3) is 10.9 Å². The molecule has 4 rings (SSSR count). The van der Waals surface area contributed by atoms with Crippen molar-refractivity contribution in [2.45, 2.75) is 6.04 Å². The number of rotatable bonds is 5. The zero-order chi connectivity index (χ0) is 17.9. The Kier molecular flexibility index (Phi) is 5.53. The second-order valence-corrected chi connectivity index (χ2v) is 8.01. The van der Waals surface area contributed by atoms with Crippen LogP contribution in [0.15, 0.2) is 35.0 Å². The first-order valence-corrected chi connectivity index (χ1v) is 10.5. The predicted molar refractivity (Wildman–Crippen MR) is 111 cm³/mol. The zero-order valence-electron chi connectivity index (χ0n) is 14.1. The van der Waals surface area contributed by atoms with Crippen molar-refractivity contribution >= 4 is 50.7 Å². The van der Waals surface area contributed by atoms with Crippen LogP contribution in [0.3, 0.4) is 0 Å². The second-order valence-electron chi connectivity index (χ2n) is 6.21. The number of thiophene rings is 1. The van der Waals surface area contributed by atoms with Crippen molar-refractivity contribution in [3.05, 3.63) is 49.9 Å². The first kappa shape index (κ1) is 17.9. The standard InChI is InChI=1S/C18H19IN4O2S/c19-17-14-9-12(1-2-15(14)21-22-17)18(24)20-10-16(13-3-8-26-11-13)23-4-6-25-7-5-23/h1-3,8-9,11,16H,4-7,10H2,(H,20,24)(H,21,22). The fourth-order valence-corrected chi connectivity index (χ4v) is 4.50. The van der Waals surface area contributed by atoms with E-state index in [1.807, 2.05) is 18.2 Å². The number of hydrogen-bond donors (Lipinski definition) is 2. The summed E-state index contributed by atoms with van der Waals surface area (Å²) in [5.74, 6) is -0.0580. The first-order valence-electron chi connectivity index (χ1n) is 8.48. The van der Waals surface area contributed by atoms with E-state index in [1.54, 1.807) is 11.3 Å². The highest BCUT2D eigenvalue weighted by Crippen LogP contribution is 2.24. The van der Waals surface area contributed by atoms with Gasteiger partial charge in [0.25, 0.3) is 5.91 Å². The number of morpholine rings is 1. The van der Waals surface area contributed by atoms with Crippen LogP contribution in [0.1, 0.15) is 22.0 Å². The quantitative estimate of drug-likeness (QED) is 0.549. The van der Waals surface area contributed by atoms with Crippen molar-refractivity contribution in [1.29, 1.82) is 0 Å². The molecule has 1 fully saturated rings. The smallest absolute Gasteiger partial charge is 0.251 e. The molecular weight excluding hydrogens is 463 g/mol. The van der Waals surface area contributed by atoms with E-state index in [1.165, 1.54) is 5.56 Å². The summed E-state index contributed by atoms with van der Waals surface area (Å²) in [5, 5.41) is 15.5. The van der Waals surface area contributed by atoms with Crippen molar-refractivity contribution in [3.63, 3.8) is 0 Å². The fourth-order valence-electron chi connectivity index (χ4n) is 3.23. The molecule has 0 aliphatic carbocycles. The fraction of sp³-hybridized carbons (Fsp3) is 0.333. The van der Waals surface area contributed by atoms with Crippen LogP contribution in [-0.2, 0) is 4.74 Å². The number of amides is 1. The molecule has 26 heavy (non-hydrogen) atoms. The van der Waals surface area contributed by atoms with E-state index in [9.17, 15) is 4.79 Å². The van der Waals surface area contributed by atoms with E-state index < -0.39 is 0 Å². The molecule has 136 valence electrons. The minimum Gasteiger partial charge on any atom is -0.379 e. The minimum atomic E-state index is -0.0580. The zero-order valence-corrected chi connectivity index (χ0v) is 17.0. The monoisotopic (exact) mass is 482 g/mol. The van der Waals surface area contributed by atoms with Gasteiger partial charge in [0, 0.05) is 30.6 Å². The van der Waals surface area contributed by atoms with E-state index in [0.29, 0.717) is 12.1 Å². The van der Waals surface area contributed by atoms with Gasteiger partial charge >= 0.3 is 0 Å². The SMILES string of the molecule is O=C(NCC(c1ccsc1)N1CCOCC1)c1ccc2[nH]nc(I)c2c1. The van der Waals surface area contributed by atoms with Crippen LogP contribution < -0.4 is 5.32 Å². The molecule has 6 nitrogen and oxygen atoms in total. The Morgan fingerprint density at radius 2 is 2.23 bits per heavy atom. The van der Waals surface area contributed by atoms with Crippen molar-refractivity contribution < 1.29 is 9.53 Å². The van der Waals surface area contributed by atoms with Gasteiger partial charge in [-0.25, -0.2) is 0 Å². The number of H-pyrrole nitrogens is 1. The Morgan fingerprint density at radius 1 is 1.38 bits per heavy atom. The average molecular weight is 482 g/mol. The maximum absolute atomic E-state index is 12.7. The van der Waals surface area contributed by atoms with Gasteiger partial charge in [0.2, 0.25) is 0 Å². The second kappa shape index (κ2) is 8.03. The summed E-state index contributed by atoms with van der Waals surface area (Å²) in [6.07, 6.45) is 0. The lowest BCUT2D eigenvalue weighted by molar-refractivity contribution is 0.0163. The van der Waals surface area contributed by atoms with Crippen LogP contribution in [0.5, 0.6) is 0 Å². The van der Waals surface area contributed by atoms with Crippen LogP contribution in [0.4, 0.5) is 0 Å². The molecule has 1 atom stereocenters. The Hall–Kier alpha value is -1.49. The van der Waals surface area contributed by atoms with Crippen LogP contribution in [0.2, 0.25) is 0 Å². The maximum Gasteiger partial charge on any atom is 0.251 e. The number of carbonyl (C=O) groups excluding carboxylic acids is 1. The molecular formula is C18H19IN4O2S. The van der Waals surface area contributed by atoms with E-state index in [-0.39, 0.29) is 11.9 Å². The van der Waals surface area contributed by atoms with E-state index in [4.69, 9.17) is 4.74 Å². The third kappa shape index (κ3) is 3.78. The normalized spacial score (nSPS) is 16.7. The lowest BCUT2D eigenvalue weighted by Gasteiger charge is -2.34. The van der Waals surface area contributed by atoms with Crippen LogP contribution in [-0.4, -0.2) is 53.9 Å². The summed E-state index contributed by atoms with van der Waals surface area (Å²) in [4.78, 5) is 15.1. The highest BCUT2D eigenvalue weighted by atomic mass is 127. The van der Waals surface area contributed by atoms with E-state index >= 15 is 0 Å². The summed E-state index contributed by atoms with van der Waals surface area (Å²) >= 11 is 3.85. The summed E-state index contributed by atoms with van der Waals surface area (Å²) in [6, 6.07) is 7.94. The molecule has 1 aliphatic rings. The summed E-state index contributed by atoms with van der Waals surface area (Å²) < 4.78 is 6.34. The number of carbonyl (C=O) groups is 1. The molecule has 0 radical (unpaired) electrons. The molecule has 1 aliphatic heterocycles. The lowest BCUT2D eigenvalue weighted by atomic mass is 10.1. The van der Waals surface area contributed by atoms with Gasteiger partial charge < -0.3 is 10.1 Å². The lowest BCUT2D eigenvalue weighted by Crippen LogP contribution is -2.43. The van der Waals surface area contributed by atoms with Gasteiger partial charge in [-0.05, 0) is 63.2 Å². The maximum atomic E-state index is 12.7. The molecule has 0 saturated carbocycles. The third-order valence-corrected chi connectivity index (χ3v) is 6.17. The van der Waals surface area contributed by atoms with Gasteiger partial charge in [-0.1, -0.05) is 0 Å². The largest absolute Gasteiger partial charge is 0.379 e. The molecule has 1 aromatic carbocycles. The number of benzene rings is 1. The highest BCUT2D eigenvalue weighted by Gasteiger charge is 2.23. The number of ether oxygens (including phenoxy) is 1. The summed E-state index contributed by atoms with van der Waals surface area (Å²) in [7, 11) is 0. The molecule has 0 spiro atoms. The van der Waals surface area contributed by atoms with Gasteiger partial charge in [-0.2, -0.15) is 16.4 Å². The Balaban J connectivity index is 1.48. The van der Waals surface area contributed by atoms with Crippen molar-refractivity contribution in [2.24, 2.45) is 0 Å². The predicted octanol–water partition coefficient (Wildman–Crippen LogP) is 3.03. The number of hydrogen-bond acceptors (Lipinski definition) is 5. The van der Waals surface area contributed by atoms with Crippen molar-refractivity contribution in [1.82, 2.24) is 20.4 Å². The van der Waals surface area contributed by atoms with Gasteiger partial charge in [0.1, 0.15) is 3.70 Å². The Morgan fingerprint density at radius 3 is 3.00 bits per heavy atom. The first-order chi connectivity index (χ1) is 12.7. The Labute approximate surface area is 169 Å². The number of fused-ring (bicyclic) bond motifs is 1. The van der Waals surface area contributed by atoms with Crippen LogP contribution in [0, 0.1) is 3.70 Å². The molecule has 2 aromatic heterocycles. The number of nitrogens with one attached hydrogen (secondary N) is 2. The van der Waals surface area contributed by atoms with Gasteiger partial charge in [0.05, 0.1) is 24.8 Å². The van der Waals surface area contributed by atoms with E-state index in [2.05, 4.69) is 59.8 Å². The summed E-state index contributed by atoms with van der Waals surface area (Å²) in [5.41, 5.74) is 2.84. The molecule has 3 aromatic rings. The highest BCUT2D eigenvalue weighted by molar-refractivity contribution is 14.1. The molecule has 1 saturated heterocycles. The van der Waals surface area contributed by atoms with Crippen molar-refractivity contribution in [3.8, 4) is 0 Å². The molecule has 0 bridgehead atoms. The number of nitrogens with zero attached hydrogens (tertiary/aromatic N) is 2. The molecule has 3 heterocycles. The molecule has 1 amide bonds. The Bertz CT molecular complexity index is 890. The van der Waals surface area contributed by atoms with Gasteiger partial charge in [-0.15, -0.1) is 0 Å².